The fraction of sp³-hybridized carbons (Fsp3) is 0.450. The summed E-state index contributed by atoms with van der Waals surface area (Å²) in [6.45, 7) is 5.86. The van der Waals surface area contributed by atoms with Gasteiger partial charge in [0.2, 0.25) is 0 Å². The number of hydrogen-bond acceptors (Lipinski definition) is 5. The minimum atomic E-state index is 0.307. The number of rotatable bonds is 4. The molecule has 0 unspecified atom stereocenters. The van der Waals surface area contributed by atoms with E-state index in [2.05, 4.69) is 52.9 Å². The van der Waals surface area contributed by atoms with Gasteiger partial charge in [0.1, 0.15) is 11.6 Å². The van der Waals surface area contributed by atoms with Crippen molar-refractivity contribution in [2.45, 2.75) is 38.6 Å². The predicted molar refractivity (Wildman–Crippen MR) is 103 cm³/mol. The predicted octanol–water partition coefficient (Wildman–Crippen LogP) is 3.74. The van der Waals surface area contributed by atoms with Crippen LogP contribution >= 0.6 is 0 Å². The monoisotopic (exact) mass is 351 g/mol. The molecule has 1 N–H and O–H groups in total. The quantitative estimate of drug-likeness (QED) is 0.775. The first-order valence-corrected chi connectivity index (χ1v) is 9.25. The van der Waals surface area contributed by atoms with Crippen LogP contribution in [0.15, 0.2) is 30.6 Å². The standard InChI is InChI=1S/C20H25N5O/c1-13(2)20-21-7-4-16(24-20)18-10-14-12-22-19(11-17(14)25(18)3)23-15-5-8-26-9-6-15/h4,7,10-13,15H,5-6,8-9H2,1-3H3,(H,22,23). The summed E-state index contributed by atoms with van der Waals surface area (Å²) in [5.41, 5.74) is 3.17. The van der Waals surface area contributed by atoms with E-state index >= 15 is 0 Å². The van der Waals surface area contributed by atoms with Gasteiger partial charge in [-0.05, 0) is 25.0 Å². The molecule has 4 rings (SSSR count). The van der Waals surface area contributed by atoms with Crippen molar-refractivity contribution in [3.05, 3.63) is 36.4 Å². The second kappa shape index (κ2) is 7.03. The molecule has 0 aliphatic carbocycles. The van der Waals surface area contributed by atoms with E-state index in [1.54, 1.807) is 0 Å². The molecule has 3 aromatic heterocycles. The minimum Gasteiger partial charge on any atom is -0.381 e. The number of ether oxygens (including phenoxy) is 1. The number of pyridine rings is 1. The molecule has 0 radical (unpaired) electrons. The maximum Gasteiger partial charge on any atom is 0.131 e. The van der Waals surface area contributed by atoms with Crippen molar-refractivity contribution in [2.75, 3.05) is 18.5 Å². The molecule has 6 heteroatoms. The lowest BCUT2D eigenvalue weighted by Gasteiger charge is -2.23. The summed E-state index contributed by atoms with van der Waals surface area (Å²) < 4.78 is 7.61. The van der Waals surface area contributed by atoms with Crippen molar-refractivity contribution in [1.29, 1.82) is 0 Å². The number of aryl methyl sites for hydroxylation is 1. The molecule has 136 valence electrons. The Balaban J connectivity index is 1.67. The fourth-order valence-electron chi connectivity index (χ4n) is 3.40. The van der Waals surface area contributed by atoms with E-state index < -0.39 is 0 Å². The van der Waals surface area contributed by atoms with Gasteiger partial charge in [-0.3, -0.25) is 0 Å². The van der Waals surface area contributed by atoms with Crippen molar-refractivity contribution < 1.29 is 4.74 Å². The highest BCUT2D eigenvalue weighted by atomic mass is 16.5. The summed E-state index contributed by atoms with van der Waals surface area (Å²) in [6.07, 6.45) is 5.82. The van der Waals surface area contributed by atoms with Gasteiger partial charge >= 0.3 is 0 Å². The van der Waals surface area contributed by atoms with E-state index in [1.165, 1.54) is 0 Å². The van der Waals surface area contributed by atoms with E-state index in [1.807, 2.05) is 18.5 Å². The largest absolute Gasteiger partial charge is 0.381 e. The SMILES string of the molecule is CC(C)c1nccc(-c2cc3cnc(NC4CCOCC4)cc3n2C)n1. The van der Waals surface area contributed by atoms with Gasteiger partial charge in [-0.1, -0.05) is 13.8 Å². The molecule has 6 nitrogen and oxygen atoms in total. The molecule has 1 aliphatic rings. The smallest absolute Gasteiger partial charge is 0.131 e. The second-order valence-corrected chi connectivity index (χ2v) is 7.20. The Labute approximate surface area is 153 Å². The molecule has 0 spiro atoms. The van der Waals surface area contributed by atoms with Crippen LogP contribution < -0.4 is 5.32 Å². The van der Waals surface area contributed by atoms with Gasteiger partial charge in [0.05, 0.1) is 16.9 Å². The van der Waals surface area contributed by atoms with Crippen LogP contribution in [-0.4, -0.2) is 38.8 Å². The topological polar surface area (TPSA) is 64.9 Å². The third kappa shape index (κ3) is 3.29. The third-order valence-corrected chi connectivity index (χ3v) is 4.95. The van der Waals surface area contributed by atoms with Crippen molar-refractivity contribution in [3.63, 3.8) is 0 Å². The molecule has 26 heavy (non-hydrogen) atoms. The lowest BCUT2D eigenvalue weighted by Crippen LogP contribution is -2.28. The summed E-state index contributed by atoms with van der Waals surface area (Å²) in [6, 6.07) is 6.67. The first-order chi connectivity index (χ1) is 12.6. The van der Waals surface area contributed by atoms with Gasteiger partial charge in [-0.2, -0.15) is 0 Å². The van der Waals surface area contributed by atoms with Gasteiger partial charge in [0.15, 0.2) is 0 Å². The van der Waals surface area contributed by atoms with Crippen LogP contribution in [-0.2, 0) is 11.8 Å². The first kappa shape index (κ1) is 17.0. The summed E-state index contributed by atoms with van der Waals surface area (Å²) in [5.74, 6) is 2.09. The Kier molecular flexibility index (Phi) is 4.59. The van der Waals surface area contributed by atoms with E-state index in [4.69, 9.17) is 9.72 Å². The van der Waals surface area contributed by atoms with Crippen LogP contribution in [0.3, 0.4) is 0 Å². The number of hydrogen-bond donors (Lipinski definition) is 1. The Morgan fingerprint density at radius 1 is 1.19 bits per heavy atom. The first-order valence-electron chi connectivity index (χ1n) is 9.25. The number of aromatic nitrogens is 4. The number of nitrogens with one attached hydrogen (secondary N) is 1. The van der Waals surface area contributed by atoms with Gasteiger partial charge in [0.25, 0.3) is 0 Å². The lowest BCUT2D eigenvalue weighted by atomic mass is 10.1. The Morgan fingerprint density at radius 3 is 2.77 bits per heavy atom. The van der Waals surface area contributed by atoms with Crippen LogP contribution in [0.4, 0.5) is 5.82 Å². The van der Waals surface area contributed by atoms with Crippen LogP contribution in [0.5, 0.6) is 0 Å². The van der Waals surface area contributed by atoms with Crippen LogP contribution in [0.2, 0.25) is 0 Å². The average Bonchev–Trinajstić information content (AvgIpc) is 2.99. The molecular formula is C20H25N5O. The van der Waals surface area contributed by atoms with E-state index in [0.717, 1.165) is 60.0 Å². The number of nitrogens with zero attached hydrogens (tertiary/aromatic N) is 4. The van der Waals surface area contributed by atoms with Crippen molar-refractivity contribution in [2.24, 2.45) is 7.05 Å². The van der Waals surface area contributed by atoms with Crippen molar-refractivity contribution in [1.82, 2.24) is 19.5 Å². The molecule has 1 aliphatic heterocycles. The zero-order chi connectivity index (χ0) is 18.1. The molecule has 3 aromatic rings. The molecule has 0 atom stereocenters. The van der Waals surface area contributed by atoms with E-state index in [0.29, 0.717) is 12.0 Å². The van der Waals surface area contributed by atoms with Crippen LogP contribution in [0.25, 0.3) is 22.3 Å². The molecule has 0 saturated carbocycles. The maximum atomic E-state index is 5.43. The summed E-state index contributed by atoms with van der Waals surface area (Å²) in [5, 5.41) is 4.66. The van der Waals surface area contributed by atoms with Crippen molar-refractivity contribution >= 4 is 16.7 Å². The maximum absolute atomic E-state index is 5.43. The molecular weight excluding hydrogens is 326 g/mol. The zero-order valence-corrected chi connectivity index (χ0v) is 15.6. The van der Waals surface area contributed by atoms with E-state index in [-0.39, 0.29) is 0 Å². The van der Waals surface area contributed by atoms with Gasteiger partial charge in [0, 0.05) is 56.1 Å². The summed E-state index contributed by atoms with van der Waals surface area (Å²) in [7, 11) is 2.08. The molecule has 1 fully saturated rings. The molecule has 4 heterocycles. The lowest BCUT2D eigenvalue weighted by molar-refractivity contribution is 0.0904. The molecule has 0 amide bonds. The Hall–Kier alpha value is -2.47. The third-order valence-electron chi connectivity index (χ3n) is 4.95. The van der Waals surface area contributed by atoms with Gasteiger partial charge in [-0.25, -0.2) is 15.0 Å². The highest BCUT2D eigenvalue weighted by molar-refractivity contribution is 5.87. The summed E-state index contributed by atoms with van der Waals surface area (Å²) >= 11 is 0. The van der Waals surface area contributed by atoms with Gasteiger partial charge < -0.3 is 14.6 Å². The van der Waals surface area contributed by atoms with E-state index in [9.17, 15) is 0 Å². The van der Waals surface area contributed by atoms with Crippen LogP contribution in [0, 0.1) is 0 Å². The minimum absolute atomic E-state index is 0.307. The zero-order valence-electron chi connectivity index (χ0n) is 15.6. The second-order valence-electron chi connectivity index (χ2n) is 7.20. The average molecular weight is 351 g/mol. The van der Waals surface area contributed by atoms with Gasteiger partial charge in [-0.15, -0.1) is 0 Å². The Bertz CT molecular complexity index is 912. The molecule has 1 saturated heterocycles. The number of fused-ring (bicyclic) bond motifs is 1. The molecule has 0 bridgehead atoms. The number of anilines is 1. The molecule has 0 aromatic carbocycles. The highest BCUT2D eigenvalue weighted by Gasteiger charge is 2.16. The van der Waals surface area contributed by atoms with Crippen molar-refractivity contribution in [3.8, 4) is 11.4 Å². The Morgan fingerprint density at radius 2 is 2.00 bits per heavy atom. The fourth-order valence-corrected chi connectivity index (χ4v) is 3.40. The summed E-state index contributed by atoms with van der Waals surface area (Å²) in [4.78, 5) is 13.7. The van der Waals surface area contributed by atoms with Crippen LogP contribution in [0.1, 0.15) is 38.4 Å². The highest BCUT2D eigenvalue weighted by Crippen LogP contribution is 2.28. The normalized spacial score (nSPS) is 15.7.